The Bertz CT molecular complexity index is 872. The van der Waals surface area contributed by atoms with Gasteiger partial charge in [0.1, 0.15) is 11.3 Å². The van der Waals surface area contributed by atoms with Crippen molar-refractivity contribution in [1.82, 2.24) is 5.32 Å². The van der Waals surface area contributed by atoms with Gasteiger partial charge in [-0.3, -0.25) is 4.79 Å². The van der Waals surface area contributed by atoms with Crippen molar-refractivity contribution in [1.29, 1.82) is 0 Å². The number of ether oxygens (including phenoxy) is 1. The molecule has 2 N–H and O–H groups in total. The highest BCUT2D eigenvalue weighted by Crippen LogP contribution is 2.26. The third-order valence-corrected chi connectivity index (χ3v) is 4.87. The van der Waals surface area contributed by atoms with Crippen molar-refractivity contribution in [3.63, 3.8) is 0 Å². The van der Waals surface area contributed by atoms with E-state index in [1.54, 1.807) is 6.07 Å². The maximum Gasteiger partial charge on any atom is 0.342 e. The first-order valence-corrected chi connectivity index (χ1v) is 9.43. The number of aromatic hydroxyl groups is 1. The summed E-state index contributed by atoms with van der Waals surface area (Å²) in [6, 6.07) is 10.5. The lowest BCUT2D eigenvalue weighted by molar-refractivity contribution is -0.129. The Balaban J connectivity index is 1.55. The third-order valence-electron chi connectivity index (χ3n) is 4.87. The Hall–Kier alpha value is -2.82. The first kappa shape index (κ1) is 19.0. The average molecular weight is 367 g/mol. The van der Waals surface area contributed by atoms with Gasteiger partial charge in [-0.25, -0.2) is 4.79 Å². The number of allylic oxidation sites excluding steroid dienone is 1. The van der Waals surface area contributed by atoms with E-state index in [0.29, 0.717) is 6.54 Å². The fourth-order valence-corrected chi connectivity index (χ4v) is 3.29. The Kier molecular flexibility index (Phi) is 6.12. The molecule has 0 bridgehead atoms. The van der Waals surface area contributed by atoms with Crippen LogP contribution >= 0.6 is 0 Å². The van der Waals surface area contributed by atoms with Crippen molar-refractivity contribution >= 4 is 22.6 Å². The Morgan fingerprint density at radius 1 is 1.19 bits per heavy atom. The van der Waals surface area contributed by atoms with Gasteiger partial charge in [0.05, 0.1) is 0 Å². The van der Waals surface area contributed by atoms with Gasteiger partial charge >= 0.3 is 5.97 Å². The molecule has 0 unspecified atom stereocenters. The van der Waals surface area contributed by atoms with Gasteiger partial charge in [-0.15, -0.1) is 0 Å². The monoisotopic (exact) mass is 367 g/mol. The highest BCUT2D eigenvalue weighted by atomic mass is 16.5. The van der Waals surface area contributed by atoms with Crippen LogP contribution in [0.3, 0.4) is 0 Å². The zero-order valence-corrected chi connectivity index (χ0v) is 15.5. The average Bonchev–Trinajstić information content (AvgIpc) is 2.68. The van der Waals surface area contributed by atoms with Crippen LogP contribution in [-0.2, 0) is 9.53 Å². The molecule has 0 spiro atoms. The number of benzene rings is 2. The Morgan fingerprint density at radius 2 is 1.93 bits per heavy atom. The molecule has 0 saturated heterocycles. The van der Waals surface area contributed by atoms with Crippen molar-refractivity contribution < 1.29 is 19.4 Å². The lowest BCUT2D eigenvalue weighted by Crippen LogP contribution is -2.36. The second-order valence-electron chi connectivity index (χ2n) is 6.91. The zero-order chi connectivity index (χ0) is 19.2. The van der Waals surface area contributed by atoms with E-state index in [1.807, 2.05) is 24.3 Å². The molecule has 2 aromatic rings. The number of carbonyl (C=O) groups is 2. The summed E-state index contributed by atoms with van der Waals surface area (Å²) in [7, 11) is 0. The van der Waals surface area contributed by atoms with Crippen LogP contribution in [0, 0.1) is 0 Å². The topological polar surface area (TPSA) is 75.6 Å². The summed E-state index contributed by atoms with van der Waals surface area (Å²) in [4.78, 5) is 24.6. The van der Waals surface area contributed by atoms with E-state index in [2.05, 4.69) is 11.4 Å². The van der Waals surface area contributed by atoms with E-state index in [9.17, 15) is 14.7 Å². The molecular weight excluding hydrogens is 342 g/mol. The van der Waals surface area contributed by atoms with Crippen LogP contribution < -0.4 is 5.32 Å². The Labute approximate surface area is 159 Å². The normalized spacial score (nSPS) is 15.1. The molecule has 27 heavy (non-hydrogen) atoms. The second-order valence-corrected chi connectivity index (χ2v) is 6.91. The van der Waals surface area contributed by atoms with Gasteiger partial charge in [-0.1, -0.05) is 35.9 Å². The lowest BCUT2D eigenvalue weighted by atomic mass is 9.97. The predicted octanol–water partition coefficient (Wildman–Crippen LogP) is 4.10. The van der Waals surface area contributed by atoms with Crippen molar-refractivity contribution in [2.75, 3.05) is 6.54 Å². The molecule has 0 radical (unpaired) electrons. The van der Waals surface area contributed by atoms with Crippen LogP contribution in [0.5, 0.6) is 5.75 Å². The number of fused-ring (bicyclic) bond motifs is 1. The molecule has 5 heteroatoms. The quantitative estimate of drug-likeness (QED) is 0.595. The lowest BCUT2D eigenvalue weighted by Gasteiger charge is -2.16. The first-order chi connectivity index (χ1) is 13.0. The summed E-state index contributed by atoms with van der Waals surface area (Å²) in [6.45, 7) is 2.07. The van der Waals surface area contributed by atoms with Crippen LogP contribution in [0.15, 0.2) is 48.0 Å². The number of rotatable bonds is 6. The number of hydrogen-bond donors (Lipinski definition) is 2. The summed E-state index contributed by atoms with van der Waals surface area (Å²) in [5.41, 5.74) is 1.44. The number of hydrogen-bond acceptors (Lipinski definition) is 4. The number of carbonyl (C=O) groups excluding carboxylic acids is 2. The van der Waals surface area contributed by atoms with Gasteiger partial charge < -0.3 is 15.2 Å². The first-order valence-electron chi connectivity index (χ1n) is 9.43. The van der Waals surface area contributed by atoms with Gasteiger partial charge in [-0.05, 0) is 61.9 Å². The van der Waals surface area contributed by atoms with Crippen molar-refractivity contribution in [3.8, 4) is 5.75 Å². The number of phenols is 1. The summed E-state index contributed by atoms with van der Waals surface area (Å²) in [5.74, 6) is -1.20. The van der Waals surface area contributed by atoms with Gasteiger partial charge in [0, 0.05) is 6.54 Å². The third kappa shape index (κ3) is 4.88. The fourth-order valence-electron chi connectivity index (χ4n) is 3.29. The van der Waals surface area contributed by atoms with Gasteiger partial charge in [0.2, 0.25) is 0 Å². The van der Waals surface area contributed by atoms with Crippen molar-refractivity contribution in [2.24, 2.45) is 0 Å². The van der Waals surface area contributed by atoms with Crippen LogP contribution in [0.4, 0.5) is 0 Å². The van der Waals surface area contributed by atoms with Crippen LogP contribution in [0.1, 0.15) is 49.4 Å². The number of nitrogens with one attached hydrogen (secondary N) is 1. The highest BCUT2D eigenvalue weighted by Gasteiger charge is 2.21. The second kappa shape index (κ2) is 8.71. The summed E-state index contributed by atoms with van der Waals surface area (Å²) >= 11 is 0. The van der Waals surface area contributed by atoms with E-state index in [0.717, 1.165) is 30.0 Å². The molecule has 0 fully saturated rings. The minimum atomic E-state index is -0.927. The van der Waals surface area contributed by atoms with Crippen molar-refractivity contribution in [3.05, 3.63) is 53.6 Å². The highest BCUT2D eigenvalue weighted by molar-refractivity contribution is 5.99. The van der Waals surface area contributed by atoms with Crippen molar-refractivity contribution in [2.45, 2.75) is 45.1 Å². The van der Waals surface area contributed by atoms with Gasteiger partial charge in [-0.2, -0.15) is 0 Å². The molecule has 142 valence electrons. The maximum atomic E-state index is 12.4. The molecule has 5 nitrogen and oxygen atoms in total. The largest absolute Gasteiger partial charge is 0.507 e. The molecule has 1 atom stereocenters. The maximum absolute atomic E-state index is 12.4. The summed E-state index contributed by atoms with van der Waals surface area (Å²) < 4.78 is 5.24. The predicted molar refractivity (Wildman–Crippen MR) is 105 cm³/mol. The van der Waals surface area contributed by atoms with E-state index >= 15 is 0 Å². The minimum absolute atomic E-state index is 0.0562. The molecule has 0 heterocycles. The fraction of sp³-hybridized carbons (Fsp3) is 0.364. The van der Waals surface area contributed by atoms with E-state index in [-0.39, 0.29) is 17.2 Å². The molecule has 2 aromatic carbocycles. The molecule has 1 aliphatic rings. The van der Waals surface area contributed by atoms with E-state index in [4.69, 9.17) is 4.74 Å². The molecule has 0 aliphatic heterocycles. The molecule has 1 aliphatic carbocycles. The van der Waals surface area contributed by atoms with Crippen LogP contribution in [0.25, 0.3) is 10.8 Å². The standard InChI is InChI=1S/C22H25NO4/c1-15(21(25)23-12-11-16-7-3-2-4-8-16)27-22(26)19-13-17-9-5-6-10-18(17)14-20(19)24/h5-7,9-10,13-15,24H,2-4,8,11-12H2,1H3,(H,23,25)/t15-/m1/s1. The van der Waals surface area contributed by atoms with Gasteiger partial charge in [0.25, 0.3) is 5.91 Å². The zero-order valence-electron chi connectivity index (χ0n) is 15.5. The minimum Gasteiger partial charge on any atom is -0.507 e. The Morgan fingerprint density at radius 3 is 2.63 bits per heavy atom. The van der Waals surface area contributed by atoms with Crippen LogP contribution in [0.2, 0.25) is 0 Å². The molecule has 1 amide bonds. The number of phenolic OH excluding ortho intramolecular Hbond substituents is 1. The summed E-state index contributed by atoms with van der Waals surface area (Å²) in [5, 5.41) is 14.6. The van der Waals surface area contributed by atoms with E-state index in [1.165, 1.54) is 31.4 Å². The van der Waals surface area contributed by atoms with Gasteiger partial charge in [0.15, 0.2) is 6.10 Å². The van der Waals surface area contributed by atoms with E-state index < -0.39 is 12.1 Å². The molecule has 3 rings (SSSR count). The number of esters is 1. The molecular formula is C22H25NO4. The summed E-state index contributed by atoms with van der Waals surface area (Å²) in [6.07, 6.45) is 6.82. The molecule has 0 saturated carbocycles. The SMILES string of the molecule is C[C@@H](OC(=O)c1cc2ccccc2cc1O)C(=O)NCCC1=CCCCC1. The molecule has 0 aromatic heterocycles. The number of amides is 1. The smallest absolute Gasteiger partial charge is 0.342 e. The van der Waals surface area contributed by atoms with Crippen LogP contribution in [-0.4, -0.2) is 29.6 Å².